The van der Waals surface area contributed by atoms with Gasteiger partial charge in [-0.05, 0) is 51.6 Å². The first-order valence-corrected chi connectivity index (χ1v) is 9.17. The van der Waals surface area contributed by atoms with Crippen molar-refractivity contribution in [2.75, 3.05) is 27.2 Å². The average Bonchev–Trinajstić information content (AvgIpc) is 3.05. The van der Waals surface area contributed by atoms with Crippen LogP contribution in [0.5, 0.6) is 0 Å². The summed E-state index contributed by atoms with van der Waals surface area (Å²) in [5, 5.41) is 5.12. The van der Waals surface area contributed by atoms with Gasteiger partial charge in [0.1, 0.15) is 0 Å². The van der Waals surface area contributed by atoms with Crippen molar-refractivity contribution in [1.82, 2.24) is 19.6 Å². The quantitative estimate of drug-likeness (QED) is 0.840. The predicted octanol–water partition coefficient (Wildman–Crippen LogP) is 3.25. The zero-order valence-corrected chi connectivity index (χ0v) is 15.8. The summed E-state index contributed by atoms with van der Waals surface area (Å²) >= 11 is 6.10. The second kappa shape index (κ2) is 7.58. The van der Waals surface area contributed by atoms with Crippen molar-refractivity contribution >= 4 is 17.5 Å². The highest BCUT2D eigenvalue weighted by Crippen LogP contribution is 2.22. The van der Waals surface area contributed by atoms with Gasteiger partial charge in [0.05, 0.1) is 23.1 Å². The molecule has 1 saturated heterocycles. The number of benzene rings is 1. The normalized spacial score (nSPS) is 15.8. The Morgan fingerprint density at radius 3 is 2.64 bits per heavy atom. The average molecular weight is 361 g/mol. The van der Waals surface area contributed by atoms with Crippen LogP contribution in [0.1, 0.15) is 35.8 Å². The van der Waals surface area contributed by atoms with Crippen molar-refractivity contribution in [2.24, 2.45) is 0 Å². The molecule has 1 aliphatic rings. The zero-order valence-electron chi connectivity index (χ0n) is 15.1. The van der Waals surface area contributed by atoms with E-state index in [4.69, 9.17) is 11.6 Å². The number of piperidine rings is 1. The monoisotopic (exact) mass is 360 g/mol. The SMILES string of the molecule is CCc1c(C(=O)N2CCC(N(C)C)CC2)cnn1-c1cccc(Cl)c1. The van der Waals surface area contributed by atoms with Gasteiger partial charge in [0.15, 0.2) is 0 Å². The first kappa shape index (κ1) is 18.0. The van der Waals surface area contributed by atoms with Gasteiger partial charge in [-0.25, -0.2) is 4.68 Å². The molecule has 134 valence electrons. The molecule has 0 spiro atoms. The standard InChI is InChI=1S/C19H25ClN4O/c1-4-18-17(13-21-24(18)16-7-5-6-14(20)12-16)19(25)23-10-8-15(9-11-23)22(2)3/h5-7,12-13,15H,4,8-11H2,1-3H3. The lowest BCUT2D eigenvalue weighted by Gasteiger charge is -2.35. The molecule has 0 radical (unpaired) electrons. The summed E-state index contributed by atoms with van der Waals surface area (Å²) in [6.45, 7) is 3.65. The molecule has 1 aromatic carbocycles. The van der Waals surface area contributed by atoms with Gasteiger partial charge < -0.3 is 9.80 Å². The van der Waals surface area contributed by atoms with E-state index in [1.807, 2.05) is 40.8 Å². The lowest BCUT2D eigenvalue weighted by molar-refractivity contribution is 0.0662. The number of hydrogen-bond acceptors (Lipinski definition) is 3. The van der Waals surface area contributed by atoms with Gasteiger partial charge in [0.2, 0.25) is 0 Å². The molecule has 6 heteroatoms. The fraction of sp³-hybridized carbons (Fsp3) is 0.474. The molecular formula is C19H25ClN4O. The summed E-state index contributed by atoms with van der Waals surface area (Å²) in [6, 6.07) is 8.11. The topological polar surface area (TPSA) is 41.4 Å². The first-order chi connectivity index (χ1) is 12.0. The minimum absolute atomic E-state index is 0.0855. The highest BCUT2D eigenvalue weighted by Gasteiger charge is 2.27. The third kappa shape index (κ3) is 3.72. The van der Waals surface area contributed by atoms with Crippen molar-refractivity contribution in [3.05, 3.63) is 46.7 Å². The van der Waals surface area contributed by atoms with Crippen LogP contribution in [-0.4, -0.2) is 58.7 Å². The number of likely N-dealkylation sites (tertiary alicyclic amines) is 1. The Morgan fingerprint density at radius 2 is 2.04 bits per heavy atom. The summed E-state index contributed by atoms with van der Waals surface area (Å²) in [6.07, 6.45) is 4.47. The van der Waals surface area contributed by atoms with Gasteiger partial charge >= 0.3 is 0 Å². The molecule has 1 aliphatic heterocycles. The molecule has 5 nitrogen and oxygen atoms in total. The van der Waals surface area contributed by atoms with E-state index in [0.717, 1.165) is 43.7 Å². The minimum Gasteiger partial charge on any atom is -0.338 e. The molecule has 1 aromatic heterocycles. The van der Waals surface area contributed by atoms with Crippen LogP contribution in [0.3, 0.4) is 0 Å². The number of aromatic nitrogens is 2. The second-order valence-electron chi connectivity index (χ2n) is 6.74. The molecule has 0 bridgehead atoms. The molecular weight excluding hydrogens is 336 g/mol. The maximum Gasteiger partial charge on any atom is 0.257 e. The Bertz CT molecular complexity index is 748. The molecule has 0 N–H and O–H groups in total. The van der Waals surface area contributed by atoms with Crippen LogP contribution in [0.25, 0.3) is 5.69 Å². The number of rotatable bonds is 4. The number of carbonyl (C=O) groups excluding carboxylic acids is 1. The largest absolute Gasteiger partial charge is 0.338 e. The Morgan fingerprint density at radius 1 is 1.32 bits per heavy atom. The van der Waals surface area contributed by atoms with E-state index in [1.165, 1.54) is 0 Å². The Kier molecular flexibility index (Phi) is 5.45. The van der Waals surface area contributed by atoms with Crippen LogP contribution >= 0.6 is 11.6 Å². The van der Waals surface area contributed by atoms with Crippen molar-refractivity contribution in [1.29, 1.82) is 0 Å². The van der Waals surface area contributed by atoms with E-state index in [2.05, 4.69) is 24.1 Å². The lowest BCUT2D eigenvalue weighted by Crippen LogP contribution is -2.44. The van der Waals surface area contributed by atoms with Gasteiger partial charge in [0.25, 0.3) is 5.91 Å². The van der Waals surface area contributed by atoms with E-state index in [1.54, 1.807) is 6.20 Å². The molecule has 1 amide bonds. The van der Waals surface area contributed by atoms with Gasteiger partial charge in [-0.3, -0.25) is 4.79 Å². The van der Waals surface area contributed by atoms with Crippen molar-refractivity contribution in [3.8, 4) is 5.69 Å². The third-order valence-electron chi connectivity index (χ3n) is 4.97. The Balaban J connectivity index is 1.82. The van der Waals surface area contributed by atoms with Crippen molar-refractivity contribution in [2.45, 2.75) is 32.2 Å². The molecule has 0 atom stereocenters. The third-order valence-corrected chi connectivity index (χ3v) is 5.20. The van der Waals surface area contributed by atoms with Gasteiger partial charge in [-0.1, -0.05) is 24.6 Å². The van der Waals surface area contributed by atoms with Crippen LogP contribution in [0.4, 0.5) is 0 Å². The second-order valence-corrected chi connectivity index (χ2v) is 7.17. The Hall–Kier alpha value is -1.85. The van der Waals surface area contributed by atoms with E-state index in [9.17, 15) is 4.79 Å². The smallest absolute Gasteiger partial charge is 0.257 e. The molecule has 0 unspecified atom stereocenters. The van der Waals surface area contributed by atoms with E-state index < -0.39 is 0 Å². The van der Waals surface area contributed by atoms with Crippen molar-refractivity contribution in [3.63, 3.8) is 0 Å². The number of carbonyl (C=O) groups is 1. The van der Waals surface area contributed by atoms with Crippen LogP contribution in [0.2, 0.25) is 5.02 Å². The minimum atomic E-state index is 0.0855. The maximum absolute atomic E-state index is 13.0. The molecule has 2 heterocycles. The fourth-order valence-corrected chi connectivity index (χ4v) is 3.66. The van der Waals surface area contributed by atoms with E-state index in [0.29, 0.717) is 16.6 Å². The van der Waals surface area contributed by atoms with E-state index >= 15 is 0 Å². The summed E-state index contributed by atoms with van der Waals surface area (Å²) in [4.78, 5) is 17.2. The zero-order chi connectivity index (χ0) is 18.0. The Labute approximate surface area is 154 Å². The molecule has 0 saturated carbocycles. The number of nitrogens with zero attached hydrogens (tertiary/aromatic N) is 4. The van der Waals surface area contributed by atoms with Crippen LogP contribution in [0, 0.1) is 0 Å². The van der Waals surface area contributed by atoms with Crippen LogP contribution in [-0.2, 0) is 6.42 Å². The molecule has 25 heavy (non-hydrogen) atoms. The summed E-state index contributed by atoms with van der Waals surface area (Å²) < 4.78 is 1.83. The van der Waals surface area contributed by atoms with Gasteiger partial charge in [0, 0.05) is 24.2 Å². The lowest BCUT2D eigenvalue weighted by atomic mass is 10.0. The molecule has 1 fully saturated rings. The predicted molar refractivity (Wildman–Crippen MR) is 101 cm³/mol. The van der Waals surface area contributed by atoms with Gasteiger partial charge in [-0.2, -0.15) is 5.10 Å². The summed E-state index contributed by atoms with van der Waals surface area (Å²) in [5.74, 6) is 0.0855. The highest BCUT2D eigenvalue weighted by atomic mass is 35.5. The van der Waals surface area contributed by atoms with E-state index in [-0.39, 0.29) is 5.91 Å². The first-order valence-electron chi connectivity index (χ1n) is 8.79. The van der Waals surface area contributed by atoms with Gasteiger partial charge in [-0.15, -0.1) is 0 Å². The maximum atomic E-state index is 13.0. The summed E-state index contributed by atoms with van der Waals surface area (Å²) in [7, 11) is 4.21. The van der Waals surface area contributed by atoms with Crippen LogP contribution < -0.4 is 0 Å². The summed E-state index contributed by atoms with van der Waals surface area (Å²) in [5.41, 5.74) is 2.52. The molecule has 3 rings (SSSR count). The number of halogens is 1. The highest BCUT2D eigenvalue weighted by molar-refractivity contribution is 6.30. The molecule has 2 aromatic rings. The number of amides is 1. The fourth-order valence-electron chi connectivity index (χ4n) is 3.48. The molecule has 0 aliphatic carbocycles. The van der Waals surface area contributed by atoms with Crippen LogP contribution in [0.15, 0.2) is 30.5 Å². The number of hydrogen-bond donors (Lipinski definition) is 0. The van der Waals surface area contributed by atoms with Crippen molar-refractivity contribution < 1.29 is 4.79 Å².